The summed E-state index contributed by atoms with van der Waals surface area (Å²) in [6.07, 6.45) is -1.58. The van der Waals surface area contributed by atoms with E-state index < -0.39 is 74.0 Å². The summed E-state index contributed by atoms with van der Waals surface area (Å²) in [5, 5.41) is 28.4. The highest BCUT2D eigenvalue weighted by Crippen LogP contribution is 2.40. The lowest BCUT2D eigenvalue weighted by Crippen LogP contribution is -2.36. The van der Waals surface area contributed by atoms with Crippen LogP contribution in [-0.2, 0) is 9.84 Å². The van der Waals surface area contributed by atoms with Crippen molar-refractivity contribution in [3.63, 3.8) is 0 Å². The number of aliphatic hydroxyl groups is 2. The SMILES string of the molecule is Cc1nc(N[C@H](C)c2c(F)cccc2F)nc(N[C@@H]2C[C@H](CS(=O)(=O)c3cc(F)cc(F)c3)[C@@H](O)[C@H]2O)c1-c1nc2c(N)nccc2s1. The Morgan fingerprint density at radius 2 is 1.71 bits per heavy atom. The molecule has 0 radical (unpaired) electrons. The number of nitrogens with two attached hydrogens (primary N) is 1. The summed E-state index contributed by atoms with van der Waals surface area (Å²) in [4.78, 5) is 17.2. The van der Waals surface area contributed by atoms with Crippen LogP contribution < -0.4 is 16.4 Å². The number of hydrogen-bond donors (Lipinski definition) is 5. The van der Waals surface area contributed by atoms with Crippen molar-refractivity contribution >= 4 is 49.0 Å². The molecule has 1 fully saturated rings. The molecule has 0 amide bonds. The minimum atomic E-state index is -4.27. The van der Waals surface area contributed by atoms with Crippen LogP contribution in [0.2, 0.25) is 0 Å². The Hall–Kier alpha value is -4.45. The number of thiazole rings is 1. The molecule has 17 heteroatoms. The average Bonchev–Trinajstić information content (AvgIpc) is 3.54. The quantitative estimate of drug-likeness (QED) is 0.134. The highest BCUT2D eigenvalue weighted by Gasteiger charge is 2.44. The number of aromatic nitrogens is 4. The van der Waals surface area contributed by atoms with Gasteiger partial charge >= 0.3 is 0 Å². The van der Waals surface area contributed by atoms with E-state index in [1.54, 1.807) is 13.0 Å². The van der Waals surface area contributed by atoms with Crippen LogP contribution in [0.4, 0.5) is 35.1 Å². The summed E-state index contributed by atoms with van der Waals surface area (Å²) in [5.74, 6) is -5.15. The van der Waals surface area contributed by atoms with E-state index in [-0.39, 0.29) is 29.6 Å². The third-order valence-electron chi connectivity index (χ3n) is 8.17. The van der Waals surface area contributed by atoms with Crippen LogP contribution in [0.5, 0.6) is 0 Å². The highest BCUT2D eigenvalue weighted by atomic mass is 32.2. The molecule has 2 aromatic carbocycles. The Labute approximate surface area is 275 Å². The van der Waals surface area contributed by atoms with Gasteiger partial charge in [0.25, 0.3) is 0 Å². The lowest BCUT2D eigenvalue weighted by molar-refractivity contribution is 0.0216. The second kappa shape index (κ2) is 12.9. The van der Waals surface area contributed by atoms with Crippen molar-refractivity contribution in [3.8, 4) is 10.6 Å². The molecule has 1 aliphatic rings. The smallest absolute Gasteiger partial charge is 0.225 e. The number of hydrogen-bond acceptors (Lipinski definition) is 12. The molecule has 1 aliphatic carbocycles. The van der Waals surface area contributed by atoms with E-state index in [4.69, 9.17) is 5.73 Å². The largest absolute Gasteiger partial charge is 0.390 e. The lowest BCUT2D eigenvalue weighted by atomic mass is 10.1. The summed E-state index contributed by atoms with van der Waals surface area (Å²) in [6, 6.07) is 5.25. The lowest BCUT2D eigenvalue weighted by Gasteiger charge is -2.22. The number of aliphatic hydroxyl groups excluding tert-OH is 2. The molecule has 5 atom stereocenters. The molecular formula is C31H29F4N7O4S2. The van der Waals surface area contributed by atoms with E-state index in [1.807, 2.05) is 0 Å². The first kappa shape index (κ1) is 33.5. The van der Waals surface area contributed by atoms with Gasteiger partial charge < -0.3 is 26.6 Å². The highest BCUT2D eigenvalue weighted by molar-refractivity contribution is 7.91. The molecule has 5 aromatic rings. The van der Waals surface area contributed by atoms with Crippen LogP contribution in [0.1, 0.15) is 30.6 Å². The maximum Gasteiger partial charge on any atom is 0.225 e. The van der Waals surface area contributed by atoms with Gasteiger partial charge in [-0.15, -0.1) is 11.3 Å². The summed E-state index contributed by atoms with van der Waals surface area (Å²) in [5.41, 5.74) is 7.00. The number of nitrogens with zero attached hydrogens (tertiary/aromatic N) is 4. The molecule has 0 bridgehead atoms. The van der Waals surface area contributed by atoms with Gasteiger partial charge in [-0.25, -0.2) is 40.9 Å². The van der Waals surface area contributed by atoms with Crippen molar-refractivity contribution < 1.29 is 36.2 Å². The first-order chi connectivity index (χ1) is 22.7. The van der Waals surface area contributed by atoms with Gasteiger partial charge in [0, 0.05) is 23.7 Å². The Morgan fingerprint density at radius 3 is 2.38 bits per heavy atom. The Morgan fingerprint density at radius 1 is 1.02 bits per heavy atom. The summed E-state index contributed by atoms with van der Waals surface area (Å²) < 4.78 is 83.5. The fraction of sp³-hybridized carbons (Fsp3) is 0.290. The molecule has 0 spiro atoms. The van der Waals surface area contributed by atoms with Gasteiger partial charge in [0.2, 0.25) is 5.95 Å². The molecule has 0 unspecified atom stereocenters. The van der Waals surface area contributed by atoms with E-state index in [0.717, 1.165) is 12.1 Å². The number of sulfone groups is 1. The van der Waals surface area contributed by atoms with Crippen LogP contribution in [0.15, 0.2) is 53.6 Å². The molecule has 3 aromatic heterocycles. The Balaban J connectivity index is 1.35. The van der Waals surface area contributed by atoms with Crippen molar-refractivity contribution in [2.75, 3.05) is 22.1 Å². The molecule has 0 aliphatic heterocycles. The van der Waals surface area contributed by atoms with Gasteiger partial charge in [0.05, 0.1) is 44.8 Å². The van der Waals surface area contributed by atoms with Crippen molar-refractivity contribution in [2.45, 2.75) is 49.5 Å². The minimum absolute atomic E-state index is 0.0310. The zero-order valence-electron chi connectivity index (χ0n) is 25.3. The van der Waals surface area contributed by atoms with Crippen molar-refractivity contribution in [2.24, 2.45) is 5.92 Å². The maximum absolute atomic E-state index is 14.5. The average molecular weight is 704 g/mol. The van der Waals surface area contributed by atoms with E-state index in [1.165, 1.54) is 30.5 Å². The third kappa shape index (κ3) is 6.50. The molecule has 6 rings (SSSR count). The second-order valence-corrected chi connectivity index (χ2v) is 14.6. The van der Waals surface area contributed by atoms with Crippen LogP contribution in [-0.4, -0.2) is 62.6 Å². The van der Waals surface area contributed by atoms with Gasteiger partial charge in [-0.2, -0.15) is 4.98 Å². The van der Waals surface area contributed by atoms with Crippen molar-refractivity contribution in [1.82, 2.24) is 19.9 Å². The number of anilines is 3. The summed E-state index contributed by atoms with van der Waals surface area (Å²) in [6.45, 7) is 3.18. The maximum atomic E-state index is 14.5. The number of rotatable bonds is 9. The van der Waals surface area contributed by atoms with E-state index in [0.29, 0.717) is 44.7 Å². The molecule has 11 nitrogen and oxygen atoms in total. The van der Waals surface area contributed by atoms with Crippen LogP contribution in [0.25, 0.3) is 20.8 Å². The number of benzene rings is 2. The number of pyridine rings is 1. The van der Waals surface area contributed by atoms with Gasteiger partial charge in [0.15, 0.2) is 15.7 Å². The van der Waals surface area contributed by atoms with E-state index in [2.05, 4.69) is 30.6 Å². The predicted octanol–water partition coefficient (Wildman–Crippen LogP) is 4.76. The number of nitrogen functional groups attached to an aromatic ring is 1. The molecular weight excluding hydrogens is 675 g/mol. The third-order valence-corrected chi connectivity index (χ3v) is 11.0. The molecule has 48 heavy (non-hydrogen) atoms. The van der Waals surface area contributed by atoms with E-state index >= 15 is 0 Å². The first-order valence-electron chi connectivity index (χ1n) is 14.6. The van der Waals surface area contributed by atoms with Gasteiger partial charge in [-0.1, -0.05) is 6.07 Å². The standard InChI is InChI=1S/C31H29F4N7O4S2/c1-13(23-19(34)4-3-5-20(23)35)38-31-39-14(2)24(30-41-25-22(47-30)6-7-37-28(25)36)29(42-31)40-21-8-15(26(43)27(21)44)12-48(45,46)18-10-16(32)9-17(33)11-18/h3-7,9-11,13,15,21,26-27,43-44H,8,12H2,1-2H3,(H2,36,37)(H2,38,39,40,42)/t13-,15-,21-,26-,27+/m1/s1. The van der Waals surface area contributed by atoms with E-state index in [9.17, 15) is 36.2 Å². The minimum Gasteiger partial charge on any atom is -0.390 e. The Kier molecular flexibility index (Phi) is 8.97. The monoisotopic (exact) mass is 703 g/mol. The molecule has 3 heterocycles. The molecule has 6 N–H and O–H groups in total. The number of fused-ring (bicyclic) bond motifs is 1. The van der Waals surface area contributed by atoms with Gasteiger partial charge in [0.1, 0.15) is 45.7 Å². The molecule has 252 valence electrons. The zero-order valence-corrected chi connectivity index (χ0v) is 27.0. The fourth-order valence-corrected chi connectivity index (χ4v) is 8.61. The second-order valence-electron chi connectivity index (χ2n) is 11.5. The first-order valence-corrected chi connectivity index (χ1v) is 17.1. The van der Waals surface area contributed by atoms with Crippen LogP contribution in [0.3, 0.4) is 0 Å². The molecule has 1 saturated carbocycles. The molecule has 0 saturated heterocycles. The summed E-state index contributed by atoms with van der Waals surface area (Å²) in [7, 11) is -4.27. The van der Waals surface area contributed by atoms with Crippen molar-refractivity contribution in [1.29, 1.82) is 0 Å². The van der Waals surface area contributed by atoms with Gasteiger partial charge in [-0.3, -0.25) is 0 Å². The van der Waals surface area contributed by atoms with Crippen molar-refractivity contribution in [3.05, 3.63) is 83.2 Å². The normalized spacial score (nSPS) is 20.2. The van der Waals surface area contributed by atoms with Crippen LogP contribution >= 0.6 is 11.3 Å². The number of nitrogens with one attached hydrogen (secondary N) is 2. The number of aryl methyl sites for hydroxylation is 1. The topological polar surface area (TPSA) is 176 Å². The summed E-state index contributed by atoms with van der Waals surface area (Å²) >= 11 is 1.26. The predicted molar refractivity (Wildman–Crippen MR) is 172 cm³/mol. The Bertz CT molecular complexity index is 2100. The fourth-order valence-electron chi connectivity index (χ4n) is 5.86. The van der Waals surface area contributed by atoms with Crippen LogP contribution in [0, 0.1) is 36.1 Å². The van der Waals surface area contributed by atoms with Gasteiger partial charge in [-0.05, 0) is 50.6 Å². The zero-order chi connectivity index (χ0) is 34.5. The number of halogens is 4.